The van der Waals surface area contributed by atoms with E-state index >= 15 is 0 Å². The fraction of sp³-hybridized carbons (Fsp3) is 0.350. The molecule has 1 aromatic heterocycles. The minimum absolute atomic E-state index is 0.385. The van der Waals surface area contributed by atoms with E-state index in [1.165, 1.54) is 0 Å². The van der Waals surface area contributed by atoms with Gasteiger partial charge in [-0.2, -0.15) is 4.31 Å². The minimum atomic E-state index is -3.37. The number of benzene rings is 2. The van der Waals surface area contributed by atoms with Crippen molar-refractivity contribution < 1.29 is 8.42 Å². The van der Waals surface area contributed by atoms with Gasteiger partial charge in [0.1, 0.15) is 5.82 Å². The average Bonchev–Trinajstić information content (AvgIpc) is 2.98. The van der Waals surface area contributed by atoms with Crippen molar-refractivity contribution >= 4 is 21.1 Å². The lowest BCUT2D eigenvalue weighted by atomic mass is 10.2. The molecule has 0 radical (unpaired) electrons. The van der Waals surface area contributed by atoms with Crippen molar-refractivity contribution in [1.82, 2.24) is 13.9 Å². The smallest absolute Gasteiger partial charge is 0.243 e. The summed E-state index contributed by atoms with van der Waals surface area (Å²) >= 11 is 0. The average molecular weight is 369 g/mol. The number of rotatable bonds is 4. The van der Waals surface area contributed by atoms with Gasteiger partial charge in [-0.05, 0) is 49.6 Å². The molecule has 1 aliphatic heterocycles. The number of sulfonamides is 1. The van der Waals surface area contributed by atoms with Crippen molar-refractivity contribution in [1.29, 1.82) is 0 Å². The first kappa shape index (κ1) is 17.2. The lowest BCUT2D eigenvalue weighted by Crippen LogP contribution is -2.35. The maximum Gasteiger partial charge on any atom is 0.243 e. The second-order valence-corrected chi connectivity index (χ2v) is 8.78. The maximum atomic E-state index is 12.8. The highest BCUT2D eigenvalue weighted by Gasteiger charge is 2.25. The summed E-state index contributed by atoms with van der Waals surface area (Å²) in [6.45, 7) is 3.93. The van der Waals surface area contributed by atoms with Crippen molar-refractivity contribution in [2.75, 3.05) is 13.1 Å². The molecule has 1 saturated heterocycles. The Bertz CT molecular complexity index is 1020. The van der Waals surface area contributed by atoms with Crippen LogP contribution in [0, 0.1) is 6.92 Å². The van der Waals surface area contributed by atoms with Gasteiger partial charge < -0.3 is 4.57 Å². The highest BCUT2D eigenvalue weighted by atomic mass is 32.2. The van der Waals surface area contributed by atoms with E-state index in [2.05, 4.69) is 15.6 Å². The molecule has 3 aromatic rings. The molecule has 5 nitrogen and oxygen atoms in total. The molecule has 136 valence electrons. The molecule has 0 aliphatic carbocycles. The zero-order chi connectivity index (χ0) is 18.1. The number of imidazole rings is 1. The highest BCUT2D eigenvalue weighted by Crippen LogP contribution is 2.22. The van der Waals surface area contributed by atoms with Gasteiger partial charge in [0.05, 0.1) is 15.9 Å². The second kappa shape index (κ2) is 6.85. The Balaban J connectivity index is 1.59. The molecule has 26 heavy (non-hydrogen) atoms. The first-order valence-corrected chi connectivity index (χ1v) is 10.5. The van der Waals surface area contributed by atoms with Crippen LogP contribution >= 0.6 is 0 Å². The lowest BCUT2D eigenvalue weighted by Gasteiger charge is -2.25. The van der Waals surface area contributed by atoms with E-state index < -0.39 is 10.0 Å². The Kier molecular flexibility index (Phi) is 4.54. The van der Waals surface area contributed by atoms with E-state index in [0.29, 0.717) is 24.5 Å². The molecule has 0 atom stereocenters. The first-order valence-electron chi connectivity index (χ1n) is 9.07. The molecular formula is C20H23N3O2S. The quantitative estimate of drug-likeness (QED) is 0.706. The molecule has 0 amide bonds. The number of piperidine rings is 1. The molecule has 2 aromatic carbocycles. The third kappa shape index (κ3) is 3.15. The van der Waals surface area contributed by atoms with Crippen LogP contribution in [0.2, 0.25) is 0 Å². The van der Waals surface area contributed by atoms with Crippen LogP contribution < -0.4 is 0 Å². The third-order valence-corrected chi connectivity index (χ3v) is 6.98. The molecule has 0 saturated carbocycles. The van der Waals surface area contributed by atoms with Gasteiger partial charge in [-0.25, -0.2) is 13.4 Å². The monoisotopic (exact) mass is 369 g/mol. The van der Waals surface area contributed by atoms with Gasteiger partial charge in [-0.15, -0.1) is 0 Å². The Morgan fingerprint density at radius 1 is 0.962 bits per heavy atom. The summed E-state index contributed by atoms with van der Waals surface area (Å²) in [7, 11) is -3.37. The zero-order valence-electron chi connectivity index (χ0n) is 14.9. The minimum Gasteiger partial charge on any atom is -0.324 e. The van der Waals surface area contributed by atoms with Crippen LogP contribution in [-0.4, -0.2) is 35.4 Å². The molecule has 0 N–H and O–H groups in total. The number of hydrogen-bond donors (Lipinski definition) is 0. The van der Waals surface area contributed by atoms with Crippen LogP contribution in [0.25, 0.3) is 11.0 Å². The Morgan fingerprint density at radius 2 is 1.65 bits per heavy atom. The Morgan fingerprint density at radius 3 is 2.38 bits per heavy atom. The Hall–Kier alpha value is -2.18. The Labute approximate surface area is 154 Å². The number of para-hydroxylation sites is 2. The largest absolute Gasteiger partial charge is 0.324 e. The van der Waals surface area contributed by atoms with Gasteiger partial charge in [0, 0.05) is 19.6 Å². The van der Waals surface area contributed by atoms with Crippen LogP contribution in [-0.2, 0) is 16.6 Å². The summed E-state index contributed by atoms with van der Waals surface area (Å²) in [4.78, 5) is 4.97. The molecule has 4 rings (SSSR count). The molecule has 2 heterocycles. The number of hydrogen-bond acceptors (Lipinski definition) is 3. The summed E-state index contributed by atoms with van der Waals surface area (Å²) in [5.41, 5.74) is 3.14. The van der Waals surface area contributed by atoms with Crippen LogP contribution in [0.4, 0.5) is 0 Å². The van der Waals surface area contributed by atoms with Crippen LogP contribution in [0.1, 0.15) is 30.7 Å². The molecular weight excluding hydrogens is 346 g/mol. The van der Waals surface area contributed by atoms with Gasteiger partial charge in [0.15, 0.2) is 0 Å². The van der Waals surface area contributed by atoms with Crippen molar-refractivity contribution in [3.63, 3.8) is 0 Å². The third-order valence-electron chi connectivity index (χ3n) is 5.06. The molecule has 0 spiro atoms. The molecule has 0 bridgehead atoms. The maximum absolute atomic E-state index is 12.8. The molecule has 6 heteroatoms. The molecule has 1 fully saturated rings. The summed E-state index contributed by atoms with van der Waals surface area (Å²) in [5.74, 6) is 0.955. The van der Waals surface area contributed by atoms with Crippen LogP contribution in [0.5, 0.6) is 0 Å². The van der Waals surface area contributed by atoms with E-state index in [1.807, 2.05) is 37.3 Å². The number of aromatic nitrogens is 2. The van der Waals surface area contributed by atoms with Gasteiger partial charge in [0.25, 0.3) is 0 Å². The summed E-state index contributed by atoms with van der Waals surface area (Å²) < 4.78 is 29.3. The molecule has 1 aliphatic rings. The zero-order valence-corrected chi connectivity index (χ0v) is 15.7. The van der Waals surface area contributed by atoms with Gasteiger partial charge in [-0.3, -0.25) is 0 Å². The summed E-state index contributed by atoms with van der Waals surface area (Å²) in [5, 5.41) is 0. The van der Waals surface area contributed by atoms with Gasteiger partial charge in [-0.1, -0.05) is 30.7 Å². The second-order valence-electron chi connectivity index (χ2n) is 6.84. The van der Waals surface area contributed by atoms with E-state index in [1.54, 1.807) is 16.4 Å². The van der Waals surface area contributed by atoms with Crippen molar-refractivity contribution in [3.8, 4) is 0 Å². The van der Waals surface area contributed by atoms with E-state index in [-0.39, 0.29) is 0 Å². The predicted molar refractivity (Wildman–Crippen MR) is 103 cm³/mol. The normalized spacial score (nSPS) is 16.2. The summed E-state index contributed by atoms with van der Waals surface area (Å²) in [6, 6.07) is 15.3. The fourth-order valence-corrected chi connectivity index (χ4v) is 5.12. The highest BCUT2D eigenvalue weighted by molar-refractivity contribution is 7.89. The van der Waals surface area contributed by atoms with E-state index in [4.69, 9.17) is 0 Å². The van der Waals surface area contributed by atoms with Gasteiger partial charge >= 0.3 is 0 Å². The first-order chi connectivity index (χ1) is 12.6. The van der Waals surface area contributed by atoms with Crippen LogP contribution in [0.15, 0.2) is 53.4 Å². The number of fused-ring (bicyclic) bond motifs is 1. The number of aryl methyl sites for hydroxylation is 1. The fourth-order valence-electron chi connectivity index (χ4n) is 3.60. The molecule has 0 unspecified atom stereocenters. The van der Waals surface area contributed by atoms with E-state index in [0.717, 1.165) is 41.7 Å². The van der Waals surface area contributed by atoms with Crippen molar-refractivity contribution in [3.05, 3.63) is 59.9 Å². The summed E-state index contributed by atoms with van der Waals surface area (Å²) in [6.07, 6.45) is 3.01. The number of nitrogens with zero attached hydrogens (tertiary/aromatic N) is 3. The SMILES string of the molecule is Cc1nc2ccccc2n1Cc1ccc(S(=O)(=O)N2CCCCC2)cc1. The standard InChI is InChI=1S/C20H23N3O2S/c1-16-21-19-7-3-4-8-20(19)23(16)15-17-9-11-18(12-10-17)26(24,25)22-13-5-2-6-14-22/h3-4,7-12H,2,5-6,13-15H2,1H3. The van der Waals surface area contributed by atoms with Crippen molar-refractivity contribution in [2.45, 2.75) is 37.6 Å². The predicted octanol–water partition coefficient (Wildman–Crippen LogP) is 3.57. The van der Waals surface area contributed by atoms with Gasteiger partial charge in [0.2, 0.25) is 10.0 Å². The lowest BCUT2D eigenvalue weighted by molar-refractivity contribution is 0.346. The van der Waals surface area contributed by atoms with Crippen LogP contribution in [0.3, 0.4) is 0 Å². The van der Waals surface area contributed by atoms with E-state index in [9.17, 15) is 8.42 Å². The van der Waals surface area contributed by atoms with Crippen molar-refractivity contribution in [2.24, 2.45) is 0 Å². The topological polar surface area (TPSA) is 55.2 Å².